The molecule has 1 saturated heterocycles. The zero-order valence-corrected chi connectivity index (χ0v) is 11.3. The molecule has 0 aromatic heterocycles. The molecule has 18 heavy (non-hydrogen) atoms. The second-order valence-electron chi connectivity index (χ2n) is 5.50. The van der Waals surface area contributed by atoms with Crippen LogP contribution in [0.4, 0.5) is 0 Å². The highest BCUT2D eigenvalue weighted by Gasteiger charge is 2.31. The second kappa shape index (κ2) is 5.57. The van der Waals surface area contributed by atoms with Gasteiger partial charge in [0.25, 0.3) is 0 Å². The highest BCUT2D eigenvalue weighted by Crippen LogP contribution is 2.22. The van der Waals surface area contributed by atoms with Crippen LogP contribution >= 0.6 is 0 Å². The zero-order valence-electron chi connectivity index (χ0n) is 10.5. The van der Waals surface area contributed by atoms with E-state index in [1.54, 1.807) is 0 Å². The lowest BCUT2D eigenvalue weighted by Crippen LogP contribution is -2.45. The summed E-state index contributed by atoms with van der Waals surface area (Å²) in [5.41, 5.74) is 0. The predicted octanol–water partition coefficient (Wildman–Crippen LogP) is 0.231. The van der Waals surface area contributed by atoms with Gasteiger partial charge in [-0.25, -0.2) is 8.42 Å². The molecule has 1 amide bonds. The number of hydrogen-bond donors (Lipinski definition) is 2. The minimum atomic E-state index is -2.91. The van der Waals surface area contributed by atoms with E-state index >= 15 is 0 Å². The molecule has 2 N–H and O–H groups in total. The van der Waals surface area contributed by atoms with E-state index < -0.39 is 15.9 Å². The van der Waals surface area contributed by atoms with Crippen LogP contribution in [0.3, 0.4) is 0 Å². The Morgan fingerprint density at radius 2 is 1.94 bits per heavy atom. The highest BCUT2D eigenvalue weighted by atomic mass is 32.2. The Labute approximate surface area is 108 Å². The molecule has 5 nitrogen and oxygen atoms in total. The van der Waals surface area contributed by atoms with Crippen molar-refractivity contribution in [1.82, 2.24) is 5.32 Å². The van der Waals surface area contributed by atoms with E-state index in [0.29, 0.717) is 6.42 Å². The van der Waals surface area contributed by atoms with Gasteiger partial charge in [0, 0.05) is 6.42 Å². The summed E-state index contributed by atoms with van der Waals surface area (Å²) >= 11 is 0. The fraction of sp³-hybridized carbons (Fsp3) is 0.917. The molecule has 2 rings (SSSR count). The molecule has 1 heterocycles. The highest BCUT2D eigenvalue weighted by molar-refractivity contribution is 7.91. The largest absolute Gasteiger partial charge is 0.391 e. The van der Waals surface area contributed by atoms with Crippen molar-refractivity contribution in [2.75, 3.05) is 11.5 Å². The summed E-state index contributed by atoms with van der Waals surface area (Å²) < 4.78 is 22.6. The molecule has 2 aliphatic rings. The molecule has 1 aliphatic heterocycles. The zero-order chi connectivity index (χ0) is 13.2. The minimum Gasteiger partial charge on any atom is -0.391 e. The van der Waals surface area contributed by atoms with Gasteiger partial charge in [-0.1, -0.05) is 12.8 Å². The van der Waals surface area contributed by atoms with Gasteiger partial charge >= 0.3 is 0 Å². The fourth-order valence-corrected chi connectivity index (χ4v) is 4.70. The second-order valence-corrected chi connectivity index (χ2v) is 7.73. The molecule has 3 atom stereocenters. The monoisotopic (exact) mass is 275 g/mol. The first-order valence-electron chi connectivity index (χ1n) is 6.64. The van der Waals surface area contributed by atoms with Crippen LogP contribution in [0.1, 0.15) is 38.5 Å². The van der Waals surface area contributed by atoms with E-state index in [1.165, 1.54) is 0 Å². The van der Waals surface area contributed by atoms with Gasteiger partial charge in [-0.05, 0) is 25.2 Å². The summed E-state index contributed by atoms with van der Waals surface area (Å²) in [4.78, 5) is 11.8. The summed E-state index contributed by atoms with van der Waals surface area (Å²) in [6.07, 6.45) is 3.99. The van der Waals surface area contributed by atoms with Crippen LogP contribution in [0, 0.1) is 5.92 Å². The third-order valence-corrected chi connectivity index (χ3v) is 5.71. The van der Waals surface area contributed by atoms with Crippen LogP contribution in [0.15, 0.2) is 0 Å². The smallest absolute Gasteiger partial charge is 0.220 e. The minimum absolute atomic E-state index is 0.0456. The molecule has 104 valence electrons. The first-order chi connectivity index (χ1) is 8.46. The summed E-state index contributed by atoms with van der Waals surface area (Å²) in [6.45, 7) is 0. The normalized spacial score (nSPS) is 35.3. The topological polar surface area (TPSA) is 83.5 Å². The quantitative estimate of drug-likeness (QED) is 0.772. The third kappa shape index (κ3) is 3.68. The van der Waals surface area contributed by atoms with Gasteiger partial charge in [0.05, 0.1) is 23.7 Å². The number of rotatable bonds is 3. The standard InChI is InChI=1S/C12H21NO4S/c14-11-4-2-1-3-10(11)13-12(15)7-9-5-6-18(16,17)8-9/h9-11,14H,1-8H2,(H,13,15)/t9?,10-,11-/m0/s1. The average Bonchev–Trinajstić information content (AvgIpc) is 2.61. The van der Waals surface area contributed by atoms with Gasteiger partial charge < -0.3 is 10.4 Å². The van der Waals surface area contributed by atoms with Gasteiger partial charge in [-0.3, -0.25) is 4.79 Å². The van der Waals surface area contributed by atoms with Crippen molar-refractivity contribution < 1.29 is 18.3 Å². The Morgan fingerprint density at radius 1 is 1.22 bits per heavy atom. The molecular formula is C12H21NO4S. The molecule has 0 aromatic carbocycles. The molecule has 6 heteroatoms. The van der Waals surface area contributed by atoms with Crippen molar-refractivity contribution in [1.29, 1.82) is 0 Å². The summed E-state index contributed by atoms with van der Waals surface area (Å²) in [6, 6.07) is -0.149. The average molecular weight is 275 g/mol. The van der Waals surface area contributed by atoms with Crippen LogP contribution in [0.5, 0.6) is 0 Å². The lowest BCUT2D eigenvalue weighted by atomic mass is 9.92. The maximum Gasteiger partial charge on any atom is 0.220 e. The van der Waals surface area contributed by atoms with Gasteiger partial charge in [0.2, 0.25) is 5.91 Å². The molecule has 0 bridgehead atoms. The maximum absolute atomic E-state index is 11.8. The first kappa shape index (κ1) is 13.8. The van der Waals surface area contributed by atoms with Crippen LogP contribution in [-0.2, 0) is 14.6 Å². The number of sulfone groups is 1. The number of carbonyl (C=O) groups is 1. The molecule has 0 aromatic rings. The van der Waals surface area contributed by atoms with E-state index in [4.69, 9.17) is 0 Å². The molecule has 0 radical (unpaired) electrons. The Kier molecular flexibility index (Phi) is 4.27. The molecule has 1 saturated carbocycles. The van der Waals surface area contributed by atoms with Crippen molar-refractivity contribution in [2.45, 2.75) is 50.7 Å². The van der Waals surface area contributed by atoms with Gasteiger partial charge in [0.15, 0.2) is 9.84 Å². The summed E-state index contributed by atoms with van der Waals surface area (Å²) in [5.74, 6) is 0.170. The van der Waals surface area contributed by atoms with E-state index in [9.17, 15) is 18.3 Å². The number of aliphatic hydroxyl groups excluding tert-OH is 1. The number of carbonyl (C=O) groups excluding carboxylic acids is 1. The Morgan fingerprint density at radius 3 is 2.56 bits per heavy atom. The summed E-state index contributed by atoms with van der Waals surface area (Å²) in [7, 11) is -2.91. The SMILES string of the molecule is O=C(CC1CCS(=O)(=O)C1)N[C@H]1CCCC[C@@H]1O. The summed E-state index contributed by atoms with van der Waals surface area (Å²) in [5, 5.41) is 12.6. The predicted molar refractivity (Wildman–Crippen MR) is 67.8 cm³/mol. The Balaban J connectivity index is 1.78. The number of amides is 1. The van der Waals surface area contributed by atoms with Gasteiger partial charge in [-0.15, -0.1) is 0 Å². The third-order valence-electron chi connectivity index (χ3n) is 3.88. The lowest BCUT2D eigenvalue weighted by Gasteiger charge is -2.28. The molecule has 1 unspecified atom stereocenters. The number of aliphatic hydroxyl groups is 1. The van der Waals surface area contributed by atoms with E-state index in [0.717, 1.165) is 25.7 Å². The van der Waals surface area contributed by atoms with Gasteiger partial charge in [0.1, 0.15) is 0 Å². The Bertz CT molecular complexity index is 406. The van der Waals surface area contributed by atoms with E-state index in [1.807, 2.05) is 0 Å². The molecular weight excluding hydrogens is 254 g/mol. The van der Waals surface area contributed by atoms with Crippen molar-refractivity contribution in [3.63, 3.8) is 0 Å². The van der Waals surface area contributed by atoms with Crippen molar-refractivity contribution in [3.8, 4) is 0 Å². The lowest BCUT2D eigenvalue weighted by molar-refractivity contribution is -0.123. The number of hydrogen-bond acceptors (Lipinski definition) is 4. The van der Waals surface area contributed by atoms with Crippen LogP contribution in [-0.4, -0.2) is 43.1 Å². The van der Waals surface area contributed by atoms with E-state index in [2.05, 4.69) is 5.32 Å². The Hall–Kier alpha value is -0.620. The van der Waals surface area contributed by atoms with Crippen LogP contribution in [0.25, 0.3) is 0 Å². The van der Waals surface area contributed by atoms with Crippen LogP contribution in [0.2, 0.25) is 0 Å². The molecule has 1 aliphatic carbocycles. The van der Waals surface area contributed by atoms with Crippen molar-refractivity contribution in [2.24, 2.45) is 5.92 Å². The maximum atomic E-state index is 11.8. The van der Waals surface area contributed by atoms with Crippen molar-refractivity contribution >= 4 is 15.7 Å². The first-order valence-corrected chi connectivity index (χ1v) is 8.46. The van der Waals surface area contributed by atoms with Crippen molar-refractivity contribution in [3.05, 3.63) is 0 Å². The number of nitrogens with one attached hydrogen (secondary N) is 1. The molecule has 0 spiro atoms. The van der Waals surface area contributed by atoms with Crippen LogP contribution < -0.4 is 5.32 Å². The molecule has 2 fully saturated rings. The fourth-order valence-electron chi connectivity index (χ4n) is 2.84. The van der Waals surface area contributed by atoms with Gasteiger partial charge in [-0.2, -0.15) is 0 Å². The van der Waals surface area contributed by atoms with E-state index in [-0.39, 0.29) is 35.8 Å².